The van der Waals surface area contributed by atoms with E-state index in [4.69, 9.17) is 21.7 Å². The quantitative estimate of drug-likeness (QED) is 0.851. The van der Waals surface area contributed by atoms with E-state index in [9.17, 15) is 0 Å². The van der Waals surface area contributed by atoms with Crippen molar-refractivity contribution in [3.8, 4) is 17.2 Å². The van der Waals surface area contributed by atoms with Crippen LogP contribution in [0.3, 0.4) is 0 Å². The summed E-state index contributed by atoms with van der Waals surface area (Å²) in [4.78, 5) is 3.01. The highest BCUT2D eigenvalue weighted by Crippen LogP contribution is 2.29. The molecule has 2 aromatic rings. The molecule has 5 heteroatoms. The van der Waals surface area contributed by atoms with Crippen LogP contribution < -0.4 is 9.47 Å². The van der Waals surface area contributed by atoms with Crippen LogP contribution >= 0.6 is 12.2 Å². The zero-order chi connectivity index (χ0) is 12.4. The highest BCUT2D eigenvalue weighted by molar-refractivity contribution is 7.71. The second-order valence-electron chi connectivity index (χ2n) is 3.61. The van der Waals surface area contributed by atoms with Crippen molar-refractivity contribution in [2.75, 3.05) is 14.2 Å². The summed E-state index contributed by atoms with van der Waals surface area (Å²) in [6.45, 7) is 1.99. The van der Waals surface area contributed by atoms with Crippen LogP contribution in [0.15, 0.2) is 24.4 Å². The molecule has 0 saturated heterocycles. The Morgan fingerprint density at radius 1 is 1.18 bits per heavy atom. The van der Waals surface area contributed by atoms with Gasteiger partial charge in [0.05, 0.1) is 19.9 Å². The first-order valence-corrected chi connectivity index (χ1v) is 5.57. The van der Waals surface area contributed by atoms with Gasteiger partial charge < -0.3 is 14.5 Å². The Balaban J connectivity index is 2.58. The van der Waals surface area contributed by atoms with Gasteiger partial charge in [-0.1, -0.05) is 0 Å². The van der Waals surface area contributed by atoms with E-state index in [1.165, 1.54) is 0 Å². The van der Waals surface area contributed by atoms with Crippen molar-refractivity contribution in [2.45, 2.75) is 6.92 Å². The van der Waals surface area contributed by atoms with Gasteiger partial charge in [-0.05, 0) is 31.3 Å². The van der Waals surface area contributed by atoms with Gasteiger partial charge in [0, 0.05) is 18.0 Å². The molecule has 0 amide bonds. The number of nitrogens with one attached hydrogen (secondary N) is 1. The Morgan fingerprint density at radius 3 is 2.41 bits per heavy atom. The van der Waals surface area contributed by atoms with E-state index in [0.717, 1.165) is 11.4 Å². The van der Waals surface area contributed by atoms with Gasteiger partial charge in [0.2, 0.25) is 0 Å². The predicted molar refractivity (Wildman–Crippen MR) is 68.8 cm³/mol. The monoisotopic (exact) mass is 250 g/mol. The predicted octanol–water partition coefficient (Wildman–Crippen LogP) is 2.86. The van der Waals surface area contributed by atoms with Crippen molar-refractivity contribution in [1.29, 1.82) is 0 Å². The van der Waals surface area contributed by atoms with Crippen molar-refractivity contribution in [3.05, 3.63) is 34.9 Å². The van der Waals surface area contributed by atoms with E-state index in [2.05, 4.69) is 4.98 Å². The molecule has 0 aliphatic carbocycles. The third-order valence-electron chi connectivity index (χ3n) is 2.59. The molecule has 17 heavy (non-hydrogen) atoms. The maximum absolute atomic E-state index is 5.27. The van der Waals surface area contributed by atoms with E-state index in [0.29, 0.717) is 16.3 Å². The first kappa shape index (κ1) is 11.7. The number of methoxy groups -OCH3 is 2. The fourth-order valence-corrected chi connectivity index (χ4v) is 2.05. The van der Waals surface area contributed by atoms with Gasteiger partial charge in [-0.15, -0.1) is 0 Å². The number of hydrogen-bond acceptors (Lipinski definition) is 3. The summed E-state index contributed by atoms with van der Waals surface area (Å²) >= 11 is 5.23. The number of H-pyrrole nitrogens is 1. The lowest BCUT2D eigenvalue weighted by Gasteiger charge is -2.11. The second-order valence-corrected chi connectivity index (χ2v) is 4.00. The van der Waals surface area contributed by atoms with Gasteiger partial charge in [-0.3, -0.25) is 4.57 Å². The number of rotatable bonds is 3. The van der Waals surface area contributed by atoms with Gasteiger partial charge >= 0.3 is 0 Å². The molecular formula is C12H14N2O2S. The van der Waals surface area contributed by atoms with Crippen molar-refractivity contribution >= 4 is 12.2 Å². The van der Waals surface area contributed by atoms with Crippen molar-refractivity contribution in [1.82, 2.24) is 9.55 Å². The van der Waals surface area contributed by atoms with E-state index in [1.807, 2.05) is 35.9 Å². The minimum absolute atomic E-state index is 0.662. The van der Waals surface area contributed by atoms with E-state index in [1.54, 1.807) is 14.2 Å². The molecule has 1 N–H and O–H groups in total. The Kier molecular flexibility index (Phi) is 3.19. The molecule has 0 bridgehead atoms. The molecule has 1 heterocycles. The van der Waals surface area contributed by atoms with Gasteiger partial charge in [0.1, 0.15) is 0 Å². The molecule has 2 rings (SSSR count). The minimum atomic E-state index is 0.662. The lowest BCUT2D eigenvalue weighted by Crippen LogP contribution is -1.98. The van der Waals surface area contributed by atoms with E-state index < -0.39 is 0 Å². The molecule has 0 spiro atoms. The van der Waals surface area contributed by atoms with Crippen molar-refractivity contribution in [2.24, 2.45) is 0 Å². The molecule has 0 unspecified atom stereocenters. The Morgan fingerprint density at radius 2 is 1.88 bits per heavy atom. The summed E-state index contributed by atoms with van der Waals surface area (Å²) in [6.07, 6.45) is 1.87. The molecule has 1 aromatic carbocycles. The fraction of sp³-hybridized carbons (Fsp3) is 0.250. The second kappa shape index (κ2) is 4.63. The number of hydrogen-bond donors (Lipinski definition) is 1. The standard InChI is InChI=1S/C12H14N2O2S/c1-8-7-13-12(17)14(8)9-4-5-10(15-2)11(6-9)16-3/h4-7H,1-3H3,(H,13,17). The van der Waals surface area contributed by atoms with Crippen LogP contribution in [0.25, 0.3) is 5.69 Å². The molecule has 90 valence electrons. The van der Waals surface area contributed by atoms with Crippen molar-refractivity contribution < 1.29 is 9.47 Å². The number of nitrogens with zero attached hydrogens (tertiary/aromatic N) is 1. The number of ether oxygens (including phenoxy) is 2. The maximum atomic E-state index is 5.27. The number of aryl methyl sites for hydroxylation is 1. The summed E-state index contributed by atoms with van der Waals surface area (Å²) in [7, 11) is 3.23. The SMILES string of the molecule is COc1ccc(-n2c(C)c[nH]c2=S)cc1OC. The zero-order valence-electron chi connectivity index (χ0n) is 9.98. The van der Waals surface area contributed by atoms with Crippen LogP contribution in [0.1, 0.15) is 5.69 Å². The van der Waals surface area contributed by atoms with E-state index in [-0.39, 0.29) is 0 Å². The molecular weight excluding hydrogens is 236 g/mol. The van der Waals surface area contributed by atoms with Gasteiger partial charge in [0.25, 0.3) is 0 Å². The van der Waals surface area contributed by atoms with Gasteiger partial charge in [-0.2, -0.15) is 0 Å². The first-order valence-electron chi connectivity index (χ1n) is 5.17. The molecule has 0 saturated carbocycles. The van der Waals surface area contributed by atoms with Crippen LogP contribution in [0, 0.1) is 11.7 Å². The zero-order valence-corrected chi connectivity index (χ0v) is 10.8. The molecule has 0 aliphatic rings. The third-order valence-corrected chi connectivity index (χ3v) is 2.89. The molecule has 1 aromatic heterocycles. The van der Waals surface area contributed by atoms with Gasteiger partial charge in [0.15, 0.2) is 16.3 Å². The van der Waals surface area contributed by atoms with E-state index >= 15 is 0 Å². The number of imidazole rings is 1. The fourth-order valence-electron chi connectivity index (χ4n) is 1.74. The first-order chi connectivity index (χ1) is 8.17. The summed E-state index contributed by atoms with van der Waals surface area (Å²) < 4.78 is 13.1. The topological polar surface area (TPSA) is 39.2 Å². The van der Waals surface area contributed by atoms with Crippen LogP contribution in [-0.4, -0.2) is 23.8 Å². The maximum Gasteiger partial charge on any atom is 0.182 e. The minimum Gasteiger partial charge on any atom is -0.493 e. The average Bonchev–Trinajstić information content (AvgIpc) is 2.68. The highest BCUT2D eigenvalue weighted by atomic mass is 32.1. The Labute approximate surface area is 105 Å². The number of aromatic nitrogens is 2. The summed E-state index contributed by atoms with van der Waals surface area (Å²) in [5.74, 6) is 1.39. The van der Waals surface area contributed by atoms with Gasteiger partial charge in [-0.25, -0.2) is 0 Å². The number of aromatic amines is 1. The third kappa shape index (κ3) is 2.06. The average molecular weight is 250 g/mol. The summed E-state index contributed by atoms with van der Waals surface area (Å²) in [5.41, 5.74) is 1.99. The number of benzene rings is 1. The summed E-state index contributed by atoms with van der Waals surface area (Å²) in [6, 6.07) is 5.70. The van der Waals surface area contributed by atoms with Crippen LogP contribution in [0.2, 0.25) is 0 Å². The lowest BCUT2D eigenvalue weighted by atomic mass is 10.2. The Bertz CT molecular complexity index is 586. The highest BCUT2D eigenvalue weighted by Gasteiger charge is 2.08. The lowest BCUT2D eigenvalue weighted by molar-refractivity contribution is 0.355. The van der Waals surface area contributed by atoms with Crippen LogP contribution in [0.5, 0.6) is 11.5 Å². The Hall–Kier alpha value is -1.75. The largest absolute Gasteiger partial charge is 0.493 e. The molecule has 0 radical (unpaired) electrons. The normalized spacial score (nSPS) is 10.3. The van der Waals surface area contributed by atoms with Crippen LogP contribution in [-0.2, 0) is 0 Å². The molecule has 0 atom stereocenters. The van der Waals surface area contributed by atoms with Crippen LogP contribution in [0.4, 0.5) is 0 Å². The summed E-state index contributed by atoms with van der Waals surface area (Å²) in [5, 5.41) is 0. The molecule has 0 aliphatic heterocycles. The molecule has 4 nitrogen and oxygen atoms in total. The van der Waals surface area contributed by atoms with Crippen molar-refractivity contribution in [3.63, 3.8) is 0 Å². The molecule has 0 fully saturated rings. The smallest absolute Gasteiger partial charge is 0.182 e.